The average molecular weight is 494 g/mol. The number of amides is 1. The van der Waals surface area contributed by atoms with Gasteiger partial charge in [0.1, 0.15) is 13.2 Å². The number of hydrogen-bond acceptors (Lipinski definition) is 4. The Morgan fingerprint density at radius 2 is 1.74 bits per heavy atom. The van der Waals surface area contributed by atoms with E-state index in [1.54, 1.807) is 37.4 Å². The third kappa shape index (κ3) is 6.04. The Morgan fingerprint density at radius 1 is 0.971 bits per heavy atom. The van der Waals surface area contributed by atoms with E-state index in [0.29, 0.717) is 32.8 Å². The van der Waals surface area contributed by atoms with E-state index in [4.69, 9.17) is 50.3 Å². The minimum absolute atomic E-state index is 0.0592. The standard InChI is InChI=1S/C27H21Cl2NO4/c1-4-14-33-24-13-11-18(17-25(24)32-3)20-8-6-7-9-23(20)30-27(31)26(34-15-5-2)19-10-12-21(28)22(29)16-19/h1-2,6-13,16-17,26H,14-15H2,3H3,(H,30,31). The van der Waals surface area contributed by atoms with E-state index >= 15 is 0 Å². The summed E-state index contributed by atoms with van der Waals surface area (Å²) in [6.45, 7) is 0.0619. The summed E-state index contributed by atoms with van der Waals surface area (Å²) in [6.07, 6.45) is 9.63. The average Bonchev–Trinajstić information content (AvgIpc) is 2.85. The second-order valence-electron chi connectivity index (χ2n) is 6.96. The van der Waals surface area contributed by atoms with Gasteiger partial charge in [-0.25, -0.2) is 0 Å². The number of anilines is 1. The summed E-state index contributed by atoms with van der Waals surface area (Å²) in [7, 11) is 1.54. The number of benzene rings is 3. The summed E-state index contributed by atoms with van der Waals surface area (Å²) < 4.78 is 16.6. The predicted molar refractivity (Wildman–Crippen MR) is 135 cm³/mol. The van der Waals surface area contributed by atoms with Crippen LogP contribution in [0.4, 0.5) is 5.69 Å². The van der Waals surface area contributed by atoms with Crippen molar-refractivity contribution in [3.05, 3.63) is 76.3 Å². The number of rotatable bonds is 9. The smallest absolute Gasteiger partial charge is 0.258 e. The zero-order chi connectivity index (χ0) is 24.5. The third-order valence-corrected chi connectivity index (χ3v) is 5.53. The maximum atomic E-state index is 13.2. The molecule has 3 aromatic carbocycles. The van der Waals surface area contributed by atoms with E-state index in [1.807, 2.05) is 30.3 Å². The van der Waals surface area contributed by atoms with E-state index < -0.39 is 12.0 Å². The molecule has 34 heavy (non-hydrogen) atoms. The van der Waals surface area contributed by atoms with Crippen LogP contribution in [0.2, 0.25) is 10.0 Å². The van der Waals surface area contributed by atoms with Crippen LogP contribution in [0, 0.1) is 24.7 Å². The summed E-state index contributed by atoms with van der Waals surface area (Å²) in [5.41, 5.74) is 2.66. The Labute approximate surface area is 208 Å². The molecule has 0 radical (unpaired) electrons. The molecular formula is C27H21Cl2NO4. The van der Waals surface area contributed by atoms with E-state index in [-0.39, 0.29) is 13.2 Å². The first kappa shape index (κ1) is 25.0. The molecule has 0 bridgehead atoms. The van der Waals surface area contributed by atoms with Crippen molar-refractivity contribution in [2.24, 2.45) is 0 Å². The normalized spacial score (nSPS) is 11.1. The van der Waals surface area contributed by atoms with Crippen LogP contribution in [0.1, 0.15) is 11.7 Å². The van der Waals surface area contributed by atoms with Crippen molar-refractivity contribution in [3.63, 3.8) is 0 Å². The number of para-hydroxylation sites is 1. The highest BCUT2D eigenvalue weighted by Gasteiger charge is 2.23. The number of carbonyl (C=O) groups is 1. The molecule has 0 heterocycles. The lowest BCUT2D eigenvalue weighted by Crippen LogP contribution is -2.24. The van der Waals surface area contributed by atoms with Gasteiger partial charge in [0.05, 0.1) is 17.2 Å². The first-order valence-corrected chi connectivity index (χ1v) is 10.9. The molecule has 1 unspecified atom stereocenters. The van der Waals surface area contributed by atoms with Gasteiger partial charge in [0.2, 0.25) is 0 Å². The first-order valence-electron chi connectivity index (χ1n) is 10.1. The van der Waals surface area contributed by atoms with Crippen LogP contribution >= 0.6 is 23.2 Å². The number of halogens is 2. The zero-order valence-corrected chi connectivity index (χ0v) is 19.8. The van der Waals surface area contributed by atoms with Crippen LogP contribution < -0.4 is 14.8 Å². The summed E-state index contributed by atoms with van der Waals surface area (Å²) in [6, 6.07) is 17.6. The third-order valence-electron chi connectivity index (χ3n) is 4.79. The lowest BCUT2D eigenvalue weighted by Gasteiger charge is -2.19. The van der Waals surface area contributed by atoms with Gasteiger partial charge in [0.15, 0.2) is 17.6 Å². The fourth-order valence-electron chi connectivity index (χ4n) is 3.25. The molecule has 3 rings (SSSR count). The highest BCUT2D eigenvalue weighted by Crippen LogP contribution is 2.36. The SMILES string of the molecule is C#CCOc1ccc(-c2ccccc2NC(=O)C(OCC#C)c2ccc(Cl)c(Cl)c2)cc1OC. The van der Waals surface area contributed by atoms with Crippen LogP contribution in [0.5, 0.6) is 11.5 Å². The monoisotopic (exact) mass is 493 g/mol. The van der Waals surface area contributed by atoms with Crippen molar-refractivity contribution >= 4 is 34.8 Å². The predicted octanol–water partition coefficient (Wildman–Crippen LogP) is 6.01. The van der Waals surface area contributed by atoms with Crippen LogP contribution in [-0.4, -0.2) is 26.2 Å². The molecule has 3 aromatic rings. The molecule has 0 aliphatic carbocycles. The molecule has 0 aromatic heterocycles. The van der Waals surface area contributed by atoms with E-state index in [2.05, 4.69) is 17.2 Å². The highest BCUT2D eigenvalue weighted by atomic mass is 35.5. The molecule has 0 saturated heterocycles. The fourth-order valence-corrected chi connectivity index (χ4v) is 3.55. The number of carbonyl (C=O) groups excluding carboxylic acids is 1. The lowest BCUT2D eigenvalue weighted by molar-refractivity contribution is -0.126. The van der Waals surface area contributed by atoms with Gasteiger partial charge in [-0.05, 0) is 41.5 Å². The zero-order valence-electron chi connectivity index (χ0n) is 18.3. The van der Waals surface area contributed by atoms with Crippen molar-refractivity contribution in [1.82, 2.24) is 0 Å². The molecule has 172 valence electrons. The quantitative estimate of drug-likeness (QED) is 0.370. The van der Waals surface area contributed by atoms with Crippen molar-refractivity contribution in [2.45, 2.75) is 6.10 Å². The molecule has 0 saturated carbocycles. The van der Waals surface area contributed by atoms with Crippen LogP contribution in [0.15, 0.2) is 60.7 Å². The second-order valence-corrected chi connectivity index (χ2v) is 7.78. The topological polar surface area (TPSA) is 56.8 Å². The molecule has 1 atom stereocenters. The Balaban J connectivity index is 1.92. The van der Waals surface area contributed by atoms with Crippen LogP contribution in [-0.2, 0) is 9.53 Å². The summed E-state index contributed by atoms with van der Waals surface area (Å²) in [5, 5.41) is 3.61. The van der Waals surface area contributed by atoms with Crippen molar-refractivity contribution in [2.75, 3.05) is 25.6 Å². The number of hydrogen-bond donors (Lipinski definition) is 1. The van der Waals surface area contributed by atoms with Crippen LogP contribution in [0.25, 0.3) is 11.1 Å². The Kier molecular flexibility index (Phi) is 8.85. The van der Waals surface area contributed by atoms with Gasteiger partial charge in [-0.2, -0.15) is 0 Å². The minimum Gasteiger partial charge on any atom is -0.493 e. The number of ether oxygens (including phenoxy) is 3. The number of methoxy groups -OCH3 is 1. The molecule has 0 aliphatic rings. The van der Waals surface area contributed by atoms with Crippen molar-refractivity contribution < 1.29 is 19.0 Å². The molecule has 1 N–H and O–H groups in total. The largest absolute Gasteiger partial charge is 0.493 e. The summed E-state index contributed by atoms with van der Waals surface area (Å²) >= 11 is 12.2. The highest BCUT2D eigenvalue weighted by molar-refractivity contribution is 6.42. The van der Waals surface area contributed by atoms with E-state index in [0.717, 1.165) is 11.1 Å². The molecule has 7 heteroatoms. The molecule has 0 spiro atoms. The molecule has 0 fully saturated rings. The maximum Gasteiger partial charge on any atom is 0.258 e. The summed E-state index contributed by atoms with van der Waals surface area (Å²) in [5.74, 6) is 5.43. The van der Waals surface area contributed by atoms with Gasteiger partial charge < -0.3 is 19.5 Å². The van der Waals surface area contributed by atoms with Gasteiger partial charge in [-0.3, -0.25) is 4.79 Å². The minimum atomic E-state index is -0.993. The fraction of sp³-hybridized carbons (Fsp3) is 0.148. The first-order chi connectivity index (χ1) is 16.5. The Hall–Kier alpha value is -3.61. The molecule has 0 aliphatic heterocycles. The Bertz CT molecular complexity index is 1260. The van der Waals surface area contributed by atoms with Crippen LogP contribution in [0.3, 0.4) is 0 Å². The van der Waals surface area contributed by atoms with Crippen molar-refractivity contribution in [1.29, 1.82) is 0 Å². The molecular weight excluding hydrogens is 473 g/mol. The van der Waals surface area contributed by atoms with Crippen molar-refractivity contribution in [3.8, 4) is 47.3 Å². The maximum absolute atomic E-state index is 13.2. The number of terminal acetylenes is 2. The van der Waals surface area contributed by atoms with Gasteiger partial charge >= 0.3 is 0 Å². The summed E-state index contributed by atoms with van der Waals surface area (Å²) in [4.78, 5) is 13.2. The lowest BCUT2D eigenvalue weighted by atomic mass is 10.0. The van der Waals surface area contributed by atoms with Gasteiger partial charge in [0.25, 0.3) is 5.91 Å². The molecule has 1 amide bonds. The Morgan fingerprint density at radius 3 is 2.44 bits per heavy atom. The molecule has 5 nitrogen and oxygen atoms in total. The van der Waals surface area contributed by atoms with Gasteiger partial charge in [-0.1, -0.05) is 65.4 Å². The van der Waals surface area contributed by atoms with Gasteiger partial charge in [0, 0.05) is 11.3 Å². The van der Waals surface area contributed by atoms with Gasteiger partial charge in [-0.15, -0.1) is 12.8 Å². The second kappa shape index (κ2) is 12.0. The van der Waals surface area contributed by atoms with E-state index in [9.17, 15) is 4.79 Å². The number of nitrogens with one attached hydrogen (secondary N) is 1. The van der Waals surface area contributed by atoms with E-state index in [1.165, 1.54) is 0 Å².